The Morgan fingerprint density at radius 3 is 2.48 bits per heavy atom. The topological polar surface area (TPSA) is 96.5 Å². The molecule has 3 amide bonds. The summed E-state index contributed by atoms with van der Waals surface area (Å²) >= 11 is 6.06. The van der Waals surface area contributed by atoms with Crippen molar-refractivity contribution in [2.45, 2.75) is 32.9 Å². The summed E-state index contributed by atoms with van der Waals surface area (Å²) in [7, 11) is 0. The second-order valence-corrected chi connectivity index (χ2v) is 8.08. The molecule has 0 aliphatic heterocycles. The first-order valence-electron chi connectivity index (χ1n) is 9.68. The first-order valence-corrected chi connectivity index (χ1v) is 10.1. The van der Waals surface area contributed by atoms with Gasteiger partial charge in [-0.3, -0.25) is 9.59 Å². The summed E-state index contributed by atoms with van der Waals surface area (Å²) in [6, 6.07) is 14.3. The normalized spacial score (nSPS) is 11.1. The monoisotopic (exact) mass is 443 g/mol. The van der Waals surface area contributed by atoms with Crippen molar-refractivity contribution in [3.8, 4) is 0 Å². The van der Waals surface area contributed by atoms with Crippen LogP contribution in [0.3, 0.4) is 0 Å². The lowest BCUT2D eigenvalue weighted by atomic mass is 10.2. The van der Waals surface area contributed by atoms with Crippen molar-refractivity contribution in [2.24, 2.45) is 0 Å². The number of hydrogen-bond donors (Lipinski definition) is 3. The molecular formula is C23H26ClN3O4. The van der Waals surface area contributed by atoms with Crippen LogP contribution in [0.1, 0.15) is 31.9 Å². The van der Waals surface area contributed by atoms with Crippen LogP contribution >= 0.6 is 11.6 Å². The van der Waals surface area contributed by atoms with Gasteiger partial charge in [-0.05, 0) is 56.2 Å². The van der Waals surface area contributed by atoms with Crippen LogP contribution in [0.2, 0.25) is 5.02 Å². The van der Waals surface area contributed by atoms with Crippen molar-refractivity contribution in [1.82, 2.24) is 10.6 Å². The second kappa shape index (κ2) is 11.2. The third-order valence-corrected chi connectivity index (χ3v) is 4.13. The molecule has 164 valence electrons. The highest BCUT2D eigenvalue weighted by molar-refractivity contribution is 6.32. The van der Waals surface area contributed by atoms with Gasteiger partial charge < -0.3 is 20.7 Å². The van der Waals surface area contributed by atoms with E-state index in [1.54, 1.807) is 51.1 Å². The third-order valence-electron chi connectivity index (χ3n) is 3.79. The molecule has 2 aromatic carbocycles. The zero-order chi connectivity index (χ0) is 22.9. The highest BCUT2D eigenvalue weighted by Crippen LogP contribution is 2.16. The summed E-state index contributed by atoms with van der Waals surface area (Å²) in [4.78, 5) is 35.7. The Labute approximate surface area is 186 Å². The molecule has 0 bridgehead atoms. The van der Waals surface area contributed by atoms with E-state index in [0.29, 0.717) is 10.7 Å². The molecule has 0 atom stereocenters. The summed E-state index contributed by atoms with van der Waals surface area (Å²) in [6.45, 7) is 5.28. The molecule has 0 unspecified atom stereocenters. The van der Waals surface area contributed by atoms with Gasteiger partial charge in [0.2, 0.25) is 11.8 Å². The van der Waals surface area contributed by atoms with Gasteiger partial charge in [0.1, 0.15) is 12.1 Å². The average Bonchev–Trinajstić information content (AvgIpc) is 2.69. The molecule has 7 nitrogen and oxygen atoms in total. The van der Waals surface area contributed by atoms with Gasteiger partial charge in [-0.1, -0.05) is 41.9 Å². The predicted octanol–water partition coefficient (Wildman–Crippen LogP) is 4.13. The van der Waals surface area contributed by atoms with Crippen molar-refractivity contribution < 1.29 is 19.1 Å². The smallest absolute Gasteiger partial charge is 0.408 e. The minimum Gasteiger partial charge on any atom is -0.444 e. The minimum absolute atomic E-state index is 0.220. The molecule has 2 rings (SSSR count). The number of hydrogen-bond acceptors (Lipinski definition) is 4. The number of carbonyl (C=O) groups excluding carboxylic acids is 3. The highest BCUT2D eigenvalue weighted by atomic mass is 35.5. The van der Waals surface area contributed by atoms with Crippen LogP contribution in [0.25, 0.3) is 6.08 Å². The Bertz CT molecular complexity index is 967. The first-order chi connectivity index (χ1) is 14.6. The van der Waals surface area contributed by atoms with E-state index in [-0.39, 0.29) is 19.0 Å². The number of halogens is 1. The molecule has 0 heterocycles. The number of benzene rings is 2. The fraction of sp³-hybridized carbons (Fsp3) is 0.261. The molecular weight excluding hydrogens is 418 g/mol. The lowest BCUT2D eigenvalue weighted by molar-refractivity contribution is -0.117. The molecule has 3 N–H and O–H groups in total. The van der Waals surface area contributed by atoms with E-state index in [1.165, 1.54) is 6.08 Å². The molecule has 8 heteroatoms. The first kappa shape index (κ1) is 24.0. The van der Waals surface area contributed by atoms with E-state index >= 15 is 0 Å². The highest BCUT2D eigenvalue weighted by Gasteiger charge is 2.16. The van der Waals surface area contributed by atoms with E-state index < -0.39 is 17.6 Å². The number of anilines is 1. The second-order valence-electron chi connectivity index (χ2n) is 7.68. The maximum atomic E-state index is 12.0. The van der Waals surface area contributed by atoms with Gasteiger partial charge in [-0.15, -0.1) is 0 Å². The van der Waals surface area contributed by atoms with Crippen molar-refractivity contribution in [2.75, 3.05) is 11.9 Å². The van der Waals surface area contributed by atoms with Crippen LogP contribution in [0.5, 0.6) is 0 Å². The molecule has 0 aliphatic rings. The van der Waals surface area contributed by atoms with E-state index in [4.69, 9.17) is 16.3 Å². The average molecular weight is 444 g/mol. The quantitative estimate of drug-likeness (QED) is 0.560. The van der Waals surface area contributed by atoms with Gasteiger partial charge in [0, 0.05) is 23.3 Å². The van der Waals surface area contributed by atoms with Crippen LogP contribution in [0.4, 0.5) is 10.5 Å². The van der Waals surface area contributed by atoms with E-state index in [1.807, 2.05) is 24.3 Å². The Hall–Kier alpha value is -3.32. The van der Waals surface area contributed by atoms with E-state index in [2.05, 4.69) is 16.0 Å². The molecule has 0 spiro atoms. The maximum absolute atomic E-state index is 12.0. The molecule has 2 aromatic rings. The van der Waals surface area contributed by atoms with Gasteiger partial charge in [0.15, 0.2) is 0 Å². The fourth-order valence-corrected chi connectivity index (χ4v) is 2.65. The molecule has 0 saturated heterocycles. The van der Waals surface area contributed by atoms with Crippen molar-refractivity contribution in [3.63, 3.8) is 0 Å². The molecule has 0 saturated carbocycles. The number of nitrogens with one attached hydrogen (secondary N) is 3. The summed E-state index contributed by atoms with van der Waals surface area (Å²) in [5.41, 5.74) is 1.47. The maximum Gasteiger partial charge on any atom is 0.408 e. The molecule has 0 radical (unpaired) electrons. The number of ether oxygens (including phenoxy) is 1. The van der Waals surface area contributed by atoms with Crippen LogP contribution in [0.15, 0.2) is 54.6 Å². The number of carbonyl (C=O) groups is 3. The summed E-state index contributed by atoms with van der Waals surface area (Å²) in [5.74, 6) is -0.661. The predicted molar refractivity (Wildman–Crippen MR) is 122 cm³/mol. The van der Waals surface area contributed by atoms with Crippen LogP contribution in [-0.4, -0.2) is 30.1 Å². The van der Waals surface area contributed by atoms with Crippen molar-refractivity contribution in [3.05, 3.63) is 70.8 Å². The number of rotatable bonds is 7. The Kier molecular flexibility index (Phi) is 8.63. The minimum atomic E-state index is -0.663. The standard InChI is InChI=1S/C23H26ClN3O4/c1-23(2,3)31-22(30)26-15-21(29)27-18-9-6-7-16(13-18)14-25-20(28)12-11-17-8-4-5-10-19(17)24/h4-13H,14-15H2,1-3H3,(H,25,28)(H,26,30)(H,27,29)/b12-11+. The Balaban J connectivity index is 1.82. The SMILES string of the molecule is CC(C)(C)OC(=O)NCC(=O)Nc1cccc(CNC(=O)/C=C/c2ccccc2Cl)c1. The van der Waals surface area contributed by atoms with Gasteiger partial charge in [-0.25, -0.2) is 4.79 Å². The van der Waals surface area contributed by atoms with Crippen LogP contribution in [0, 0.1) is 0 Å². The van der Waals surface area contributed by atoms with Crippen molar-refractivity contribution >= 4 is 41.3 Å². The number of alkyl carbamates (subject to hydrolysis) is 1. The van der Waals surface area contributed by atoms with E-state index in [9.17, 15) is 14.4 Å². The molecule has 0 fully saturated rings. The third kappa shape index (κ3) is 9.35. The summed E-state index contributed by atoms with van der Waals surface area (Å²) in [6.07, 6.45) is 2.39. The summed E-state index contributed by atoms with van der Waals surface area (Å²) in [5, 5.41) is 8.43. The van der Waals surface area contributed by atoms with Gasteiger partial charge in [0.05, 0.1) is 0 Å². The van der Waals surface area contributed by atoms with Crippen LogP contribution in [-0.2, 0) is 20.9 Å². The Morgan fingerprint density at radius 1 is 1.03 bits per heavy atom. The van der Waals surface area contributed by atoms with Crippen LogP contribution < -0.4 is 16.0 Å². The zero-order valence-corrected chi connectivity index (χ0v) is 18.5. The molecule has 0 aromatic heterocycles. The molecule has 31 heavy (non-hydrogen) atoms. The Morgan fingerprint density at radius 2 is 1.77 bits per heavy atom. The van der Waals surface area contributed by atoms with Gasteiger partial charge in [-0.2, -0.15) is 0 Å². The lowest BCUT2D eigenvalue weighted by Gasteiger charge is -2.19. The number of amides is 3. The van der Waals surface area contributed by atoms with Crippen molar-refractivity contribution in [1.29, 1.82) is 0 Å². The van der Waals surface area contributed by atoms with E-state index in [0.717, 1.165) is 11.1 Å². The van der Waals surface area contributed by atoms with Gasteiger partial charge >= 0.3 is 6.09 Å². The largest absolute Gasteiger partial charge is 0.444 e. The lowest BCUT2D eigenvalue weighted by Crippen LogP contribution is -2.37. The van der Waals surface area contributed by atoms with Gasteiger partial charge in [0.25, 0.3) is 0 Å². The fourth-order valence-electron chi connectivity index (χ4n) is 2.45. The summed E-state index contributed by atoms with van der Waals surface area (Å²) < 4.78 is 5.08. The zero-order valence-electron chi connectivity index (χ0n) is 17.7. The molecule has 0 aliphatic carbocycles.